The average Bonchev–Trinajstić information content (AvgIpc) is 2.28. The second-order valence-corrected chi connectivity index (χ2v) is 4.14. The Hall–Kier alpha value is -1.61. The highest BCUT2D eigenvalue weighted by Gasteiger charge is 2.17. The molecule has 2 rings (SSSR count). The summed E-state index contributed by atoms with van der Waals surface area (Å²) in [5.41, 5.74) is 2.94. The van der Waals surface area contributed by atoms with Gasteiger partial charge in [0.05, 0.1) is 0 Å². The SMILES string of the molecule is C=C(CN1CCc2ccccc2C1)C(=O)O. The molecule has 0 saturated heterocycles. The quantitative estimate of drug-likeness (QED) is 0.783. The number of aliphatic carboxylic acids is 1. The molecular formula is C13H15NO2. The number of nitrogens with zero attached hydrogens (tertiary/aromatic N) is 1. The van der Waals surface area contributed by atoms with E-state index in [9.17, 15) is 4.79 Å². The van der Waals surface area contributed by atoms with Gasteiger partial charge in [-0.05, 0) is 17.5 Å². The van der Waals surface area contributed by atoms with Gasteiger partial charge in [0.2, 0.25) is 0 Å². The van der Waals surface area contributed by atoms with Gasteiger partial charge in [-0.3, -0.25) is 4.90 Å². The number of hydrogen-bond acceptors (Lipinski definition) is 2. The fraction of sp³-hybridized carbons (Fsp3) is 0.308. The van der Waals surface area contributed by atoms with Crippen LogP contribution < -0.4 is 0 Å². The molecule has 1 heterocycles. The highest BCUT2D eigenvalue weighted by molar-refractivity contribution is 5.86. The molecule has 0 atom stereocenters. The molecule has 0 aromatic heterocycles. The van der Waals surface area contributed by atoms with Gasteiger partial charge >= 0.3 is 5.97 Å². The Morgan fingerprint density at radius 1 is 1.38 bits per heavy atom. The topological polar surface area (TPSA) is 40.5 Å². The van der Waals surface area contributed by atoms with Gasteiger partial charge in [0.25, 0.3) is 0 Å². The summed E-state index contributed by atoms with van der Waals surface area (Å²) in [6.45, 7) is 5.74. The molecule has 0 saturated carbocycles. The van der Waals surface area contributed by atoms with Crippen molar-refractivity contribution in [1.82, 2.24) is 4.90 Å². The lowest BCUT2D eigenvalue weighted by molar-refractivity contribution is -0.132. The van der Waals surface area contributed by atoms with Gasteiger partial charge < -0.3 is 5.11 Å². The van der Waals surface area contributed by atoms with Crippen LogP contribution in [0.4, 0.5) is 0 Å². The molecule has 3 nitrogen and oxygen atoms in total. The standard InChI is InChI=1S/C13H15NO2/c1-10(13(15)16)8-14-7-6-11-4-2-3-5-12(11)9-14/h2-5H,1,6-9H2,(H,15,16). The normalized spacial score (nSPS) is 15.5. The lowest BCUT2D eigenvalue weighted by atomic mass is 10.00. The van der Waals surface area contributed by atoms with Crippen LogP contribution in [-0.4, -0.2) is 29.1 Å². The summed E-state index contributed by atoms with van der Waals surface area (Å²) in [6, 6.07) is 8.31. The zero-order valence-corrected chi connectivity index (χ0v) is 9.15. The van der Waals surface area contributed by atoms with Gasteiger partial charge in [0, 0.05) is 25.2 Å². The van der Waals surface area contributed by atoms with Crippen LogP contribution in [0, 0.1) is 0 Å². The minimum atomic E-state index is -0.904. The number of rotatable bonds is 3. The first-order valence-corrected chi connectivity index (χ1v) is 5.37. The van der Waals surface area contributed by atoms with E-state index >= 15 is 0 Å². The molecular weight excluding hydrogens is 202 g/mol. The van der Waals surface area contributed by atoms with Crippen LogP contribution in [0.1, 0.15) is 11.1 Å². The van der Waals surface area contributed by atoms with Gasteiger partial charge in [-0.1, -0.05) is 30.8 Å². The van der Waals surface area contributed by atoms with E-state index in [1.54, 1.807) is 0 Å². The van der Waals surface area contributed by atoms with Crippen molar-refractivity contribution in [3.8, 4) is 0 Å². The molecule has 0 aliphatic carbocycles. The van der Waals surface area contributed by atoms with E-state index in [-0.39, 0.29) is 5.57 Å². The van der Waals surface area contributed by atoms with E-state index in [4.69, 9.17) is 5.11 Å². The van der Waals surface area contributed by atoms with E-state index in [1.165, 1.54) is 11.1 Å². The van der Waals surface area contributed by atoms with Crippen molar-refractivity contribution in [2.45, 2.75) is 13.0 Å². The fourth-order valence-electron chi connectivity index (χ4n) is 2.03. The Bertz CT molecular complexity index is 426. The summed E-state index contributed by atoms with van der Waals surface area (Å²) in [7, 11) is 0. The lowest BCUT2D eigenvalue weighted by Crippen LogP contribution is -2.33. The van der Waals surface area contributed by atoms with E-state index in [1.807, 2.05) is 12.1 Å². The first kappa shape index (κ1) is 10.9. The predicted octanol–water partition coefficient (Wildman–Crippen LogP) is 1.69. The smallest absolute Gasteiger partial charge is 0.332 e. The first-order valence-electron chi connectivity index (χ1n) is 5.37. The molecule has 1 aliphatic heterocycles. The summed E-state index contributed by atoms with van der Waals surface area (Å²) >= 11 is 0. The van der Waals surface area contributed by atoms with E-state index in [0.717, 1.165) is 19.5 Å². The summed E-state index contributed by atoms with van der Waals surface area (Å²) in [5, 5.41) is 8.78. The van der Waals surface area contributed by atoms with E-state index in [2.05, 4.69) is 23.6 Å². The molecule has 0 unspecified atom stereocenters. The first-order chi connectivity index (χ1) is 7.66. The molecule has 0 bridgehead atoms. The molecule has 84 valence electrons. The molecule has 0 fully saturated rings. The van der Waals surface area contributed by atoms with Crippen LogP contribution in [0.25, 0.3) is 0 Å². The molecule has 1 aromatic carbocycles. The van der Waals surface area contributed by atoms with Crippen molar-refractivity contribution in [2.24, 2.45) is 0 Å². The summed E-state index contributed by atoms with van der Waals surface area (Å²) < 4.78 is 0. The van der Waals surface area contributed by atoms with Gasteiger partial charge in [0.1, 0.15) is 0 Å². The molecule has 0 amide bonds. The minimum Gasteiger partial charge on any atom is -0.478 e. The zero-order valence-electron chi connectivity index (χ0n) is 9.15. The monoisotopic (exact) mass is 217 g/mol. The molecule has 16 heavy (non-hydrogen) atoms. The van der Waals surface area contributed by atoms with Crippen LogP contribution >= 0.6 is 0 Å². The second kappa shape index (κ2) is 4.49. The molecule has 1 N–H and O–H groups in total. The van der Waals surface area contributed by atoms with Gasteiger partial charge in [-0.25, -0.2) is 4.79 Å². The Labute approximate surface area is 95.0 Å². The lowest BCUT2D eigenvalue weighted by Gasteiger charge is -2.28. The van der Waals surface area contributed by atoms with Crippen LogP contribution in [0.3, 0.4) is 0 Å². The summed E-state index contributed by atoms with van der Waals surface area (Å²) in [6.07, 6.45) is 0.989. The van der Waals surface area contributed by atoms with E-state index in [0.29, 0.717) is 6.54 Å². The maximum atomic E-state index is 10.7. The predicted molar refractivity (Wildman–Crippen MR) is 62.2 cm³/mol. The van der Waals surface area contributed by atoms with Crippen LogP contribution in [0.5, 0.6) is 0 Å². The molecule has 0 radical (unpaired) electrons. The highest BCUT2D eigenvalue weighted by Crippen LogP contribution is 2.18. The number of carboxylic acid groups (broad SMARTS) is 1. The van der Waals surface area contributed by atoms with Crippen LogP contribution in [-0.2, 0) is 17.8 Å². The van der Waals surface area contributed by atoms with Crippen LogP contribution in [0.15, 0.2) is 36.4 Å². The molecule has 1 aliphatic rings. The summed E-state index contributed by atoms with van der Waals surface area (Å²) in [4.78, 5) is 12.8. The van der Waals surface area contributed by atoms with Gasteiger partial charge in [-0.15, -0.1) is 0 Å². The molecule has 1 aromatic rings. The summed E-state index contributed by atoms with van der Waals surface area (Å²) in [5.74, 6) is -0.904. The second-order valence-electron chi connectivity index (χ2n) is 4.14. The maximum Gasteiger partial charge on any atom is 0.332 e. The Morgan fingerprint density at radius 2 is 2.06 bits per heavy atom. The van der Waals surface area contributed by atoms with Crippen molar-refractivity contribution in [1.29, 1.82) is 0 Å². The zero-order chi connectivity index (χ0) is 11.5. The largest absolute Gasteiger partial charge is 0.478 e. The fourth-order valence-corrected chi connectivity index (χ4v) is 2.03. The van der Waals surface area contributed by atoms with Gasteiger partial charge in [0.15, 0.2) is 0 Å². The molecule has 3 heteroatoms. The Kier molecular flexibility index (Phi) is 3.06. The van der Waals surface area contributed by atoms with Crippen molar-refractivity contribution >= 4 is 5.97 Å². The minimum absolute atomic E-state index is 0.263. The van der Waals surface area contributed by atoms with Crippen molar-refractivity contribution < 1.29 is 9.90 Å². The van der Waals surface area contributed by atoms with E-state index < -0.39 is 5.97 Å². The third-order valence-electron chi connectivity index (χ3n) is 2.93. The third-order valence-corrected chi connectivity index (χ3v) is 2.93. The number of fused-ring (bicyclic) bond motifs is 1. The van der Waals surface area contributed by atoms with Gasteiger partial charge in [-0.2, -0.15) is 0 Å². The average molecular weight is 217 g/mol. The molecule has 0 spiro atoms. The Balaban J connectivity index is 2.03. The Morgan fingerprint density at radius 3 is 2.75 bits per heavy atom. The number of carboxylic acids is 1. The number of hydrogen-bond donors (Lipinski definition) is 1. The van der Waals surface area contributed by atoms with Crippen LogP contribution in [0.2, 0.25) is 0 Å². The maximum absolute atomic E-state index is 10.7. The van der Waals surface area contributed by atoms with Crippen molar-refractivity contribution in [3.63, 3.8) is 0 Å². The highest BCUT2D eigenvalue weighted by atomic mass is 16.4. The number of carbonyl (C=O) groups is 1. The van der Waals surface area contributed by atoms with Crippen molar-refractivity contribution in [2.75, 3.05) is 13.1 Å². The number of benzene rings is 1. The van der Waals surface area contributed by atoms with Crippen molar-refractivity contribution in [3.05, 3.63) is 47.5 Å². The third kappa shape index (κ3) is 2.31.